The summed E-state index contributed by atoms with van der Waals surface area (Å²) >= 11 is 0. The number of carbonyl (C=O) groups excluding carboxylic acids is 2. The lowest BCUT2D eigenvalue weighted by Gasteiger charge is -2.42. The van der Waals surface area contributed by atoms with Gasteiger partial charge in [-0.25, -0.2) is 0 Å². The molecule has 5 unspecified atom stereocenters. The van der Waals surface area contributed by atoms with Crippen molar-refractivity contribution in [3.05, 3.63) is 36.5 Å². The van der Waals surface area contributed by atoms with E-state index < -0.39 is 99.3 Å². The van der Waals surface area contributed by atoms with Gasteiger partial charge in [0, 0.05) is 12.8 Å². The zero-order valence-corrected chi connectivity index (χ0v) is 36.2. The van der Waals surface area contributed by atoms with E-state index in [2.05, 4.69) is 38.2 Å². The lowest BCUT2D eigenvalue weighted by molar-refractivity contribution is -0.332. The van der Waals surface area contributed by atoms with Crippen LogP contribution in [0, 0.1) is 0 Å². The van der Waals surface area contributed by atoms with Crippen molar-refractivity contribution in [1.29, 1.82) is 0 Å². The molecular formula is C45H78O15. The van der Waals surface area contributed by atoms with Crippen LogP contribution in [0.15, 0.2) is 36.5 Å². The third-order valence-electron chi connectivity index (χ3n) is 10.6. The number of esters is 2. The van der Waals surface area contributed by atoms with Gasteiger partial charge in [0.15, 0.2) is 18.7 Å². The Bertz CT molecular complexity index is 1200. The Morgan fingerprint density at radius 1 is 0.533 bits per heavy atom. The fraction of sp³-hybridized carbons (Fsp3) is 0.822. The Morgan fingerprint density at radius 2 is 1.05 bits per heavy atom. The molecule has 0 aliphatic carbocycles. The van der Waals surface area contributed by atoms with E-state index in [1.807, 2.05) is 12.2 Å². The number of carbonyl (C=O) groups is 2. The third kappa shape index (κ3) is 22.2. The van der Waals surface area contributed by atoms with Gasteiger partial charge in [-0.15, -0.1) is 0 Å². The Morgan fingerprint density at radius 3 is 1.68 bits per heavy atom. The highest BCUT2D eigenvalue weighted by molar-refractivity contribution is 5.70. The Labute approximate surface area is 357 Å². The fourth-order valence-electron chi connectivity index (χ4n) is 6.78. The molecule has 2 rings (SSSR count). The quantitative estimate of drug-likeness (QED) is 0.0272. The largest absolute Gasteiger partial charge is 0.462 e. The van der Waals surface area contributed by atoms with E-state index in [0.29, 0.717) is 12.8 Å². The predicted octanol–water partition coefficient (Wildman–Crippen LogP) is 4.59. The standard InChI is InChI=1S/C45H78O15/c1-3-5-7-9-11-13-15-16-18-20-22-24-26-28-37(48)58-33(30-55-36(47)27-25-23-21-19-17-14-12-10-8-6-4-2)31-56-44-43(54)41(52)39(50)35(60-44)32-57-45-42(53)40(51)38(49)34(29-46)59-45/h10,12,16,18,22,24,33-35,38-46,49-54H,3-9,11,13-15,17,19-21,23,25-32H2,1-2H3/b12-10+,18-16+,24-22+/t33?,34-,35-,38+,39+,40?,41?,42?,43?,44-,45-/m1/s1. The second-order valence-corrected chi connectivity index (χ2v) is 15.9. The van der Waals surface area contributed by atoms with Crippen LogP contribution in [0.1, 0.15) is 142 Å². The molecule has 2 fully saturated rings. The van der Waals surface area contributed by atoms with Crippen molar-refractivity contribution in [1.82, 2.24) is 0 Å². The molecule has 2 saturated heterocycles. The Hall–Kier alpha value is -2.28. The predicted molar refractivity (Wildman–Crippen MR) is 224 cm³/mol. The minimum absolute atomic E-state index is 0.0573. The number of rotatable bonds is 33. The van der Waals surface area contributed by atoms with Crippen LogP contribution in [0.2, 0.25) is 0 Å². The van der Waals surface area contributed by atoms with Gasteiger partial charge in [0.1, 0.15) is 55.4 Å². The molecule has 0 aromatic heterocycles. The van der Waals surface area contributed by atoms with Crippen molar-refractivity contribution < 1.29 is 73.8 Å². The molecule has 0 aromatic rings. The van der Waals surface area contributed by atoms with Gasteiger partial charge < -0.3 is 64.2 Å². The molecule has 2 aliphatic rings. The van der Waals surface area contributed by atoms with E-state index in [1.165, 1.54) is 51.4 Å². The van der Waals surface area contributed by atoms with Crippen LogP contribution in [0.3, 0.4) is 0 Å². The van der Waals surface area contributed by atoms with Crippen molar-refractivity contribution in [2.24, 2.45) is 0 Å². The molecule has 2 aliphatic heterocycles. The summed E-state index contributed by atoms with van der Waals surface area (Å²) < 4.78 is 33.3. The smallest absolute Gasteiger partial charge is 0.306 e. The summed E-state index contributed by atoms with van der Waals surface area (Å²) in [6, 6.07) is 0. The molecule has 348 valence electrons. The first kappa shape index (κ1) is 53.9. The first-order valence-corrected chi connectivity index (χ1v) is 22.6. The average Bonchev–Trinajstić information content (AvgIpc) is 3.24. The molecule has 15 nitrogen and oxygen atoms in total. The van der Waals surface area contributed by atoms with Crippen molar-refractivity contribution >= 4 is 11.9 Å². The van der Waals surface area contributed by atoms with Gasteiger partial charge in [-0.2, -0.15) is 0 Å². The lowest BCUT2D eigenvalue weighted by Crippen LogP contribution is -2.61. The zero-order valence-electron chi connectivity index (χ0n) is 36.2. The SMILES string of the molecule is CCCC/C=C/CCCCCCCC(=O)OCC(CO[C@@H]1O[C@H](CO[C@@H]2O[C@H](CO)[C@H](O)C(O)C2O)[C@H](O)C(O)C1O)OC(=O)CC/C=C/C/C=C/CCCCCCCC. The molecule has 0 amide bonds. The number of ether oxygens (including phenoxy) is 6. The first-order chi connectivity index (χ1) is 29.0. The summed E-state index contributed by atoms with van der Waals surface area (Å²) in [6.45, 7) is 2.44. The molecule has 0 radical (unpaired) electrons. The Kier molecular flexibility index (Phi) is 29.9. The van der Waals surface area contributed by atoms with Crippen LogP contribution in [-0.2, 0) is 38.0 Å². The van der Waals surface area contributed by atoms with Gasteiger partial charge in [0.05, 0.1) is 19.8 Å². The van der Waals surface area contributed by atoms with E-state index in [0.717, 1.165) is 51.4 Å². The summed E-state index contributed by atoms with van der Waals surface area (Å²) in [4.78, 5) is 25.5. The van der Waals surface area contributed by atoms with Gasteiger partial charge in [-0.05, 0) is 51.4 Å². The van der Waals surface area contributed by atoms with Gasteiger partial charge in [0.2, 0.25) is 0 Å². The minimum Gasteiger partial charge on any atom is -0.462 e. The monoisotopic (exact) mass is 859 g/mol. The van der Waals surface area contributed by atoms with Gasteiger partial charge in [-0.1, -0.05) is 115 Å². The van der Waals surface area contributed by atoms with Gasteiger partial charge in [-0.3, -0.25) is 9.59 Å². The van der Waals surface area contributed by atoms with E-state index in [1.54, 1.807) is 0 Å². The van der Waals surface area contributed by atoms with E-state index >= 15 is 0 Å². The van der Waals surface area contributed by atoms with E-state index in [4.69, 9.17) is 28.4 Å². The molecule has 0 saturated carbocycles. The number of aliphatic hydroxyl groups excluding tert-OH is 7. The van der Waals surface area contributed by atoms with Crippen LogP contribution in [0.5, 0.6) is 0 Å². The van der Waals surface area contributed by atoms with Crippen molar-refractivity contribution in [2.45, 2.75) is 210 Å². The second-order valence-electron chi connectivity index (χ2n) is 15.9. The van der Waals surface area contributed by atoms with Crippen LogP contribution in [0.4, 0.5) is 0 Å². The molecule has 2 heterocycles. The maximum Gasteiger partial charge on any atom is 0.306 e. The highest BCUT2D eigenvalue weighted by Crippen LogP contribution is 2.26. The van der Waals surface area contributed by atoms with Crippen molar-refractivity contribution in [2.75, 3.05) is 26.4 Å². The maximum absolute atomic E-state index is 12.9. The summed E-state index contributed by atoms with van der Waals surface area (Å²) in [5.41, 5.74) is 0. The molecule has 0 bridgehead atoms. The summed E-state index contributed by atoms with van der Waals surface area (Å²) in [5, 5.41) is 71.8. The number of aliphatic hydroxyl groups is 7. The Balaban J connectivity index is 1.90. The van der Waals surface area contributed by atoms with Crippen molar-refractivity contribution in [3.8, 4) is 0 Å². The molecule has 11 atom stereocenters. The van der Waals surface area contributed by atoms with Crippen molar-refractivity contribution in [3.63, 3.8) is 0 Å². The van der Waals surface area contributed by atoms with E-state index in [-0.39, 0.29) is 19.4 Å². The molecule has 0 spiro atoms. The average molecular weight is 859 g/mol. The number of allylic oxidation sites excluding steroid dienone is 6. The fourth-order valence-corrected chi connectivity index (χ4v) is 6.78. The highest BCUT2D eigenvalue weighted by Gasteiger charge is 2.47. The summed E-state index contributed by atoms with van der Waals surface area (Å²) in [7, 11) is 0. The molecule has 7 N–H and O–H groups in total. The lowest BCUT2D eigenvalue weighted by atomic mass is 9.98. The van der Waals surface area contributed by atoms with Gasteiger partial charge >= 0.3 is 11.9 Å². The van der Waals surface area contributed by atoms with Crippen LogP contribution in [-0.4, -0.2) is 142 Å². The van der Waals surface area contributed by atoms with E-state index in [9.17, 15) is 45.3 Å². The van der Waals surface area contributed by atoms with Crippen LogP contribution < -0.4 is 0 Å². The second kappa shape index (κ2) is 33.3. The summed E-state index contributed by atoms with van der Waals surface area (Å²) in [5.74, 6) is -1.02. The molecule has 0 aromatic carbocycles. The van der Waals surface area contributed by atoms with Crippen LogP contribution >= 0.6 is 0 Å². The maximum atomic E-state index is 12.9. The van der Waals surface area contributed by atoms with Crippen LogP contribution in [0.25, 0.3) is 0 Å². The normalized spacial score (nSPS) is 27.9. The first-order valence-electron chi connectivity index (χ1n) is 22.6. The minimum atomic E-state index is -1.77. The molecule has 60 heavy (non-hydrogen) atoms. The molecule has 15 heteroatoms. The number of hydrogen-bond acceptors (Lipinski definition) is 15. The highest BCUT2D eigenvalue weighted by atomic mass is 16.7. The van der Waals surface area contributed by atoms with Gasteiger partial charge in [0.25, 0.3) is 0 Å². The third-order valence-corrected chi connectivity index (χ3v) is 10.6. The number of hydrogen-bond donors (Lipinski definition) is 7. The topological polar surface area (TPSA) is 231 Å². The zero-order chi connectivity index (χ0) is 44.0. The molecular weight excluding hydrogens is 780 g/mol. The number of unbranched alkanes of at least 4 members (excludes halogenated alkanes) is 13. The summed E-state index contributed by atoms with van der Waals surface area (Å²) in [6.07, 6.45) is 15.0.